The standard InChI is InChI=1S/C31H35N5O7S/c1-12-6-15-7-17-18(8-32)36-19-9-34-31(39)16(33)10-44-30(24(36)23(35(17)4)20(15)25(38)26(12)40-5)22-21(19)29-28(41-11-42-29)13(2)27(22)43-14(3)37/h6,16-19,23-24,30,38H,7,9-11,33H2,1-5H3,(H,34,39)/t16?,17-,18+,19+,23-,24-,30-/m1/s1. The van der Waals surface area contributed by atoms with Crippen LogP contribution in [-0.2, 0) is 16.0 Å². The van der Waals surface area contributed by atoms with Gasteiger partial charge in [-0.1, -0.05) is 6.07 Å². The van der Waals surface area contributed by atoms with E-state index in [-0.39, 0.29) is 42.8 Å². The summed E-state index contributed by atoms with van der Waals surface area (Å²) in [5, 5.41) is 25.2. The molecule has 7 atom stereocenters. The number of nitrogens with two attached hydrogens (primary N) is 1. The van der Waals surface area contributed by atoms with Gasteiger partial charge in [0.05, 0.1) is 36.6 Å². The molecule has 2 aromatic rings. The number of fused-ring (bicyclic) bond motifs is 9. The second-order valence-electron chi connectivity index (χ2n) is 12.1. The quantitative estimate of drug-likeness (QED) is 0.332. The number of carbonyl (C=O) groups excluding carboxylic acids is 2. The Morgan fingerprint density at radius 1 is 1.23 bits per heavy atom. The first kappa shape index (κ1) is 29.0. The maximum Gasteiger partial charge on any atom is 0.308 e. The Hall–Kier alpha value is -3.70. The van der Waals surface area contributed by atoms with Crippen molar-refractivity contribution in [1.82, 2.24) is 15.1 Å². The monoisotopic (exact) mass is 621 g/mol. The third-order valence-electron chi connectivity index (χ3n) is 9.81. The molecule has 12 nitrogen and oxygen atoms in total. The minimum absolute atomic E-state index is 0.00656. The summed E-state index contributed by atoms with van der Waals surface area (Å²) in [6.45, 7) is 5.24. The molecule has 5 aliphatic heterocycles. The number of nitriles is 1. The number of hydrogen-bond acceptors (Lipinski definition) is 12. The van der Waals surface area contributed by atoms with Crippen molar-refractivity contribution in [2.75, 3.05) is 33.2 Å². The minimum atomic E-state index is -0.779. The van der Waals surface area contributed by atoms with Crippen LogP contribution in [0.15, 0.2) is 6.07 Å². The molecule has 2 aromatic carbocycles. The molecule has 1 amide bonds. The second kappa shape index (κ2) is 10.4. The van der Waals surface area contributed by atoms with Crippen LogP contribution in [-0.4, -0.2) is 84.2 Å². The Labute approximate surface area is 259 Å². The van der Waals surface area contributed by atoms with E-state index >= 15 is 0 Å². The number of rotatable bonds is 2. The summed E-state index contributed by atoms with van der Waals surface area (Å²) >= 11 is 1.48. The van der Waals surface area contributed by atoms with E-state index < -0.39 is 35.4 Å². The molecule has 4 bridgehead atoms. The van der Waals surface area contributed by atoms with E-state index in [4.69, 9.17) is 24.7 Å². The number of benzene rings is 2. The van der Waals surface area contributed by atoms with Crippen molar-refractivity contribution in [2.24, 2.45) is 5.73 Å². The third-order valence-corrected chi connectivity index (χ3v) is 11.2. The predicted octanol–water partition coefficient (Wildman–Crippen LogP) is 2.13. The molecule has 5 aliphatic rings. The summed E-state index contributed by atoms with van der Waals surface area (Å²) in [6, 6.07) is 1.76. The molecule has 5 heterocycles. The number of aryl methyl sites for hydroxylation is 1. The smallest absolute Gasteiger partial charge is 0.308 e. The van der Waals surface area contributed by atoms with Crippen LogP contribution in [0, 0.1) is 25.2 Å². The maximum atomic E-state index is 13.1. The normalized spacial score (nSPS) is 30.4. The molecule has 2 saturated heterocycles. The Bertz CT molecular complexity index is 1640. The van der Waals surface area contributed by atoms with E-state index in [9.17, 15) is 20.0 Å². The van der Waals surface area contributed by atoms with Gasteiger partial charge >= 0.3 is 5.97 Å². The zero-order chi connectivity index (χ0) is 31.2. The highest BCUT2D eigenvalue weighted by atomic mass is 32.2. The summed E-state index contributed by atoms with van der Waals surface area (Å²) in [4.78, 5) is 30.0. The highest BCUT2D eigenvalue weighted by Crippen LogP contribution is 2.63. The number of ether oxygens (including phenoxy) is 4. The molecule has 0 aliphatic carbocycles. The molecule has 1 unspecified atom stereocenters. The molecular weight excluding hydrogens is 586 g/mol. The second-order valence-corrected chi connectivity index (χ2v) is 13.3. The largest absolute Gasteiger partial charge is 0.504 e. The van der Waals surface area contributed by atoms with Crippen molar-refractivity contribution in [3.8, 4) is 34.8 Å². The zero-order valence-electron chi connectivity index (χ0n) is 25.2. The number of hydrogen-bond donors (Lipinski definition) is 3. The van der Waals surface area contributed by atoms with Gasteiger partial charge < -0.3 is 35.1 Å². The van der Waals surface area contributed by atoms with Gasteiger partial charge in [-0.2, -0.15) is 5.26 Å². The zero-order valence-corrected chi connectivity index (χ0v) is 26.0. The summed E-state index contributed by atoms with van der Waals surface area (Å²) < 4.78 is 23.6. The fourth-order valence-electron chi connectivity index (χ4n) is 8.09. The van der Waals surface area contributed by atoms with Crippen LogP contribution in [0.1, 0.15) is 57.6 Å². The number of methoxy groups -OCH3 is 1. The number of piperazine rings is 1. The lowest BCUT2D eigenvalue weighted by Crippen LogP contribution is -2.69. The van der Waals surface area contributed by atoms with Gasteiger partial charge in [-0.3, -0.25) is 19.4 Å². The highest BCUT2D eigenvalue weighted by Gasteiger charge is 2.60. The molecule has 13 heteroatoms. The van der Waals surface area contributed by atoms with Crippen molar-refractivity contribution in [3.05, 3.63) is 39.4 Å². The van der Waals surface area contributed by atoms with E-state index in [2.05, 4.69) is 21.2 Å². The molecule has 0 radical (unpaired) electrons. The minimum Gasteiger partial charge on any atom is -0.504 e. The lowest BCUT2D eigenvalue weighted by Gasteiger charge is -2.62. The van der Waals surface area contributed by atoms with Crippen molar-refractivity contribution >= 4 is 23.6 Å². The van der Waals surface area contributed by atoms with E-state index in [0.717, 1.165) is 27.8 Å². The first-order valence-corrected chi connectivity index (χ1v) is 15.7. The number of likely N-dealkylation sites (N-methyl/N-ethyl adjacent to an activating group) is 1. The van der Waals surface area contributed by atoms with Gasteiger partial charge in [0.1, 0.15) is 11.8 Å². The fourth-order valence-corrected chi connectivity index (χ4v) is 9.54. The van der Waals surface area contributed by atoms with Crippen molar-refractivity contribution in [3.63, 3.8) is 0 Å². The SMILES string of the molecule is COc1c(C)cc2c(c1O)[C@@H]1[C@@H]3[C@@H]4SCC(N)C(=O)NC[C@@H](c5c6c(c(C)c(OC(C)=O)c54)OCO6)N3[C@@H](C#N)[C@@H](C2)N1C. The van der Waals surface area contributed by atoms with Crippen molar-refractivity contribution in [1.29, 1.82) is 5.26 Å². The molecule has 44 heavy (non-hydrogen) atoms. The highest BCUT2D eigenvalue weighted by molar-refractivity contribution is 7.99. The number of amides is 1. The van der Waals surface area contributed by atoms with Gasteiger partial charge in [0.15, 0.2) is 23.0 Å². The van der Waals surface area contributed by atoms with E-state index in [1.54, 1.807) is 7.11 Å². The Balaban J connectivity index is 1.56. The average molecular weight is 622 g/mol. The Morgan fingerprint density at radius 2 is 1.98 bits per heavy atom. The predicted molar refractivity (Wildman–Crippen MR) is 160 cm³/mol. The molecule has 2 fully saturated rings. The number of thioether (sulfide) groups is 1. The third kappa shape index (κ3) is 3.94. The van der Waals surface area contributed by atoms with Gasteiger partial charge in [-0.25, -0.2) is 0 Å². The first-order valence-electron chi connectivity index (χ1n) is 14.7. The Morgan fingerprint density at radius 3 is 2.68 bits per heavy atom. The number of carbonyl (C=O) groups is 2. The lowest BCUT2D eigenvalue weighted by atomic mass is 9.71. The summed E-state index contributed by atoms with van der Waals surface area (Å²) in [5.74, 6) is 1.40. The molecular formula is C31H35N5O7S. The van der Waals surface area contributed by atoms with Crippen LogP contribution < -0.4 is 30.0 Å². The first-order chi connectivity index (χ1) is 21.1. The van der Waals surface area contributed by atoms with Crippen LogP contribution in [0.25, 0.3) is 0 Å². The molecule has 0 saturated carbocycles. The number of nitrogens with one attached hydrogen (secondary N) is 1. The number of nitrogens with zero attached hydrogens (tertiary/aromatic N) is 3. The Kier molecular flexibility index (Phi) is 6.89. The summed E-state index contributed by atoms with van der Waals surface area (Å²) in [7, 11) is 3.54. The molecule has 0 spiro atoms. The van der Waals surface area contributed by atoms with Crippen LogP contribution in [0.4, 0.5) is 0 Å². The number of phenolic OH excluding ortho intramolecular Hbond substituents is 1. The van der Waals surface area contributed by atoms with E-state index in [1.807, 2.05) is 27.0 Å². The van der Waals surface area contributed by atoms with Gasteiger partial charge in [0.2, 0.25) is 12.7 Å². The summed E-state index contributed by atoms with van der Waals surface area (Å²) in [6.07, 6.45) is 0.543. The lowest BCUT2D eigenvalue weighted by molar-refractivity contribution is -0.132. The van der Waals surface area contributed by atoms with Gasteiger partial charge in [0.25, 0.3) is 0 Å². The van der Waals surface area contributed by atoms with Gasteiger partial charge in [0, 0.05) is 53.6 Å². The average Bonchev–Trinajstić information content (AvgIpc) is 3.47. The van der Waals surface area contributed by atoms with Crippen LogP contribution in [0.3, 0.4) is 0 Å². The van der Waals surface area contributed by atoms with E-state index in [1.165, 1.54) is 18.7 Å². The van der Waals surface area contributed by atoms with Crippen molar-refractivity contribution < 1.29 is 33.6 Å². The van der Waals surface area contributed by atoms with Gasteiger partial charge in [-0.15, -0.1) is 11.8 Å². The van der Waals surface area contributed by atoms with Crippen LogP contribution in [0.2, 0.25) is 0 Å². The fraction of sp³-hybridized carbons (Fsp3) is 0.516. The number of aromatic hydroxyl groups is 1. The van der Waals surface area contributed by atoms with Crippen LogP contribution >= 0.6 is 11.8 Å². The summed E-state index contributed by atoms with van der Waals surface area (Å²) in [5.41, 5.74) is 11.0. The maximum absolute atomic E-state index is 13.1. The van der Waals surface area contributed by atoms with Gasteiger partial charge in [-0.05, 0) is 38.4 Å². The molecule has 7 rings (SSSR count). The number of esters is 1. The van der Waals surface area contributed by atoms with Crippen LogP contribution in [0.5, 0.6) is 28.7 Å². The molecule has 0 aromatic heterocycles. The molecule has 232 valence electrons. The number of phenols is 1. The topological polar surface area (TPSA) is 160 Å². The van der Waals surface area contributed by atoms with Crippen molar-refractivity contribution in [2.45, 2.75) is 68.7 Å². The van der Waals surface area contributed by atoms with E-state index in [0.29, 0.717) is 35.0 Å². The molecule has 4 N–H and O–H groups in total.